The van der Waals surface area contributed by atoms with Crippen LogP contribution in [0.25, 0.3) is 0 Å². The summed E-state index contributed by atoms with van der Waals surface area (Å²) >= 11 is 1.63. The molecule has 0 spiro atoms. The van der Waals surface area contributed by atoms with E-state index in [9.17, 15) is 4.79 Å². The zero-order chi connectivity index (χ0) is 16.8. The van der Waals surface area contributed by atoms with Crippen molar-refractivity contribution in [2.24, 2.45) is 0 Å². The van der Waals surface area contributed by atoms with Gasteiger partial charge >= 0.3 is 5.97 Å². The zero-order valence-corrected chi connectivity index (χ0v) is 14.0. The lowest BCUT2D eigenvalue weighted by atomic mass is 10.2. The Morgan fingerprint density at radius 2 is 1.29 bits per heavy atom. The average Bonchev–Trinajstić information content (AvgIpc) is 2.65. The quantitative estimate of drug-likeness (QED) is 0.481. The van der Waals surface area contributed by atoms with Gasteiger partial charge in [-0.15, -0.1) is 0 Å². The van der Waals surface area contributed by atoms with E-state index in [2.05, 4.69) is 0 Å². The largest absolute Gasteiger partial charge is 0.497 e. The molecule has 3 nitrogen and oxygen atoms in total. The molecule has 0 atom stereocenters. The number of benzene rings is 3. The first-order valence-corrected chi connectivity index (χ1v) is 8.25. The second-order valence-corrected chi connectivity index (χ2v) is 6.15. The van der Waals surface area contributed by atoms with Gasteiger partial charge in [0.1, 0.15) is 11.5 Å². The standard InChI is InChI=1S/C20H16O3S/c1-22-16-7-11-18(12-8-16)24-19-13-9-17(10-14-19)23-20(21)15-5-3-2-4-6-15/h2-14H,1H3. The molecule has 0 saturated carbocycles. The van der Waals surface area contributed by atoms with Gasteiger partial charge in [-0.1, -0.05) is 30.0 Å². The number of esters is 1. The highest BCUT2D eigenvalue weighted by Crippen LogP contribution is 2.30. The van der Waals surface area contributed by atoms with Crippen LogP contribution in [0.4, 0.5) is 0 Å². The third-order valence-corrected chi connectivity index (χ3v) is 4.35. The molecule has 0 radical (unpaired) electrons. The van der Waals surface area contributed by atoms with Crippen molar-refractivity contribution in [3.05, 3.63) is 84.4 Å². The molecule has 3 aromatic carbocycles. The maximum absolute atomic E-state index is 12.0. The van der Waals surface area contributed by atoms with E-state index in [1.54, 1.807) is 43.1 Å². The van der Waals surface area contributed by atoms with Crippen molar-refractivity contribution in [3.63, 3.8) is 0 Å². The van der Waals surface area contributed by atoms with Crippen molar-refractivity contribution in [3.8, 4) is 11.5 Å². The lowest BCUT2D eigenvalue weighted by molar-refractivity contribution is 0.0734. The molecule has 0 heterocycles. The minimum absolute atomic E-state index is 0.355. The molecule has 0 saturated heterocycles. The van der Waals surface area contributed by atoms with Crippen LogP contribution in [0.2, 0.25) is 0 Å². The number of hydrogen-bond acceptors (Lipinski definition) is 4. The topological polar surface area (TPSA) is 35.5 Å². The maximum Gasteiger partial charge on any atom is 0.343 e. The molecule has 3 rings (SSSR count). The molecule has 0 fully saturated rings. The van der Waals surface area contributed by atoms with E-state index in [-0.39, 0.29) is 5.97 Å². The molecule has 4 heteroatoms. The summed E-state index contributed by atoms with van der Waals surface area (Å²) in [6.45, 7) is 0. The van der Waals surface area contributed by atoms with Crippen molar-refractivity contribution < 1.29 is 14.3 Å². The van der Waals surface area contributed by atoms with Crippen LogP contribution in [0, 0.1) is 0 Å². The Kier molecular flexibility index (Phi) is 5.18. The highest BCUT2D eigenvalue weighted by molar-refractivity contribution is 7.99. The van der Waals surface area contributed by atoms with E-state index in [1.165, 1.54) is 0 Å². The minimum Gasteiger partial charge on any atom is -0.497 e. The van der Waals surface area contributed by atoms with E-state index in [0.29, 0.717) is 11.3 Å². The number of carbonyl (C=O) groups excluding carboxylic acids is 1. The summed E-state index contributed by atoms with van der Waals surface area (Å²) in [5.74, 6) is 1.01. The molecule has 0 aliphatic rings. The molecule has 24 heavy (non-hydrogen) atoms. The van der Waals surface area contributed by atoms with Crippen molar-refractivity contribution >= 4 is 17.7 Å². The Bertz CT molecular complexity index is 797. The lowest BCUT2D eigenvalue weighted by Crippen LogP contribution is -2.07. The third-order valence-electron chi connectivity index (χ3n) is 3.34. The van der Waals surface area contributed by atoms with Crippen molar-refractivity contribution in [1.29, 1.82) is 0 Å². The fourth-order valence-electron chi connectivity index (χ4n) is 2.10. The first kappa shape index (κ1) is 16.1. The number of methoxy groups -OCH3 is 1. The van der Waals surface area contributed by atoms with Crippen LogP contribution in [-0.2, 0) is 0 Å². The molecule has 0 aromatic heterocycles. The van der Waals surface area contributed by atoms with Gasteiger partial charge in [0, 0.05) is 9.79 Å². The molecule has 120 valence electrons. The van der Waals surface area contributed by atoms with Crippen molar-refractivity contribution in [2.45, 2.75) is 9.79 Å². The molecule has 0 aliphatic heterocycles. The monoisotopic (exact) mass is 336 g/mol. The van der Waals surface area contributed by atoms with Gasteiger partial charge in [0.05, 0.1) is 12.7 Å². The summed E-state index contributed by atoms with van der Waals surface area (Å²) < 4.78 is 10.5. The Morgan fingerprint density at radius 1 is 0.750 bits per heavy atom. The van der Waals surface area contributed by atoms with Crippen LogP contribution in [0.5, 0.6) is 11.5 Å². The summed E-state index contributed by atoms with van der Waals surface area (Å²) in [7, 11) is 1.65. The molecule has 0 aliphatic carbocycles. The van der Waals surface area contributed by atoms with Gasteiger partial charge < -0.3 is 9.47 Å². The van der Waals surface area contributed by atoms with Gasteiger partial charge in [0.15, 0.2) is 0 Å². The van der Waals surface area contributed by atoms with Gasteiger partial charge in [-0.3, -0.25) is 0 Å². The van der Waals surface area contributed by atoms with Crippen LogP contribution in [0.1, 0.15) is 10.4 Å². The van der Waals surface area contributed by atoms with Crippen molar-refractivity contribution in [2.75, 3.05) is 7.11 Å². The van der Waals surface area contributed by atoms with E-state index < -0.39 is 0 Å². The van der Waals surface area contributed by atoms with Crippen LogP contribution in [0.3, 0.4) is 0 Å². The Balaban J connectivity index is 1.63. The Hall–Kier alpha value is -2.72. The Labute approximate surface area is 145 Å². The van der Waals surface area contributed by atoms with E-state index in [1.807, 2.05) is 54.6 Å². The summed E-state index contributed by atoms with van der Waals surface area (Å²) in [6, 6.07) is 24.3. The number of ether oxygens (including phenoxy) is 2. The van der Waals surface area contributed by atoms with Crippen molar-refractivity contribution in [1.82, 2.24) is 0 Å². The summed E-state index contributed by atoms with van der Waals surface area (Å²) in [4.78, 5) is 14.2. The fourth-order valence-corrected chi connectivity index (χ4v) is 2.91. The SMILES string of the molecule is COc1ccc(Sc2ccc(OC(=O)c3ccccc3)cc2)cc1. The molecule has 3 aromatic rings. The molecule has 0 N–H and O–H groups in total. The van der Waals surface area contributed by atoms with Crippen LogP contribution in [-0.4, -0.2) is 13.1 Å². The predicted octanol–water partition coefficient (Wildman–Crippen LogP) is 5.07. The van der Waals surface area contributed by atoms with E-state index in [0.717, 1.165) is 15.5 Å². The average molecular weight is 336 g/mol. The van der Waals surface area contributed by atoms with Gasteiger partial charge in [0.25, 0.3) is 0 Å². The van der Waals surface area contributed by atoms with Crippen LogP contribution in [0.15, 0.2) is 88.7 Å². The molecular formula is C20H16O3S. The molecule has 0 bridgehead atoms. The van der Waals surface area contributed by atoms with E-state index >= 15 is 0 Å². The second kappa shape index (κ2) is 7.70. The minimum atomic E-state index is -0.355. The lowest BCUT2D eigenvalue weighted by Gasteiger charge is -2.06. The first-order chi connectivity index (χ1) is 11.7. The van der Waals surface area contributed by atoms with Gasteiger partial charge in [0.2, 0.25) is 0 Å². The maximum atomic E-state index is 12.0. The number of rotatable bonds is 5. The molecule has 0 unspecified atom stereocenters. The fraction of sp³-hybridized carbons (Fsp3) is 0.0500. The van der Waals surface area contributed by atoms with Crippen LogP contribution < -0.4 is 9.47 Å². The normalized spacial score (nSPS) is 10.2. The number of carbonyl (C=O) groups is 1. The van der Waals surface area contributed by atoms with E-state index in [4.69, 9.17) is 9.47 Å². The van der Waals surface area contributed by atoms with Crippen LogP contribution >= 0.6 is 11.8 Å². The zero-order valence-electron chi connectivity index (χ0n) is 13.1. The first-order valence-electron chi connectivity index (χ1n) is 7.44. The highest BCUT2D eigenvalue weighted by Gasteiger charge is 2.07. The predicted molar refractivity (Wildman–Crippen MR) is 95.0 cm³/mol. The Morgan fingerprint density at radius 3 is 1.83 bits per heavy atom. The number of hydrogen-bond donors (Lipinski definition) is 0. The highest BCUT2D eigenvalue weighted by atomic mass is 32.2. The van der Waals surface area contributed by atoms with Gasteiger partial charge in [-0.25, -0.2) is 4.79 Å². The molecule has 0 amide bonds. The summed E-state index contributed by atoms with van der Waals surface area (Å²) in [5, 5.41) is 0. The molecular weight excluding hydrogens is 320 g/mol. The summed E-state index contributed by atoms with van der Waals surface area (Å²) in [6.07, 6.45) is 0. The smallest absolute Gasteiger partial charge is 0.343 e. The third kappa shape index (κ3) is 4.18. The van der Waals surface area contributed by atoms with Gasteiger partial charge in [-0.2, -0.15) is 0 Å². The second-order valence-electron chi connectivity index (χ2n) is 5.00. The summed E-state index contributed by atoms with van der Waals surface area (Å²) in [5.41, 5.74) is 0.536. The van der Waals surface area contributed by atoms with Gasteiger partial charge in [-0.05, 0) is 60.7 Å².